The van der Waals surface area contributed by atoms with Crippen molar-refractivity contribution in [1.82, 2.24) is 4.90 Å². The number of amidine groups is 1. The van der Waals surface area contributed by atoms with Gasteiger partial charge in [0.05, 0.1) is 23.4 Å². The van der Waals surface area contributed by atoms with Crippen LogP contribution in [0.5, 0.6) is 0 Å². The monoisotopic (exact) mass is 429 g/mol. The lowest BCUT2D eigenvalue weighted by molar-refractivity contribution is -0.143. The zero-order valence-electron chi connectivity index (χ0n) is 18.4. The SMILES string of the molecule is CC1=C(C(=O)OC(C)C)C(c2cccc(NC(=O)CC(C)C)c2)N2CCCSC2=N1. The third-order valence-electron chi connectivity index (χ3n) is 4.90. The number of thioether (sulfide) groups is 1. The molecule has 0 bridgehead atoms. The number of nitrogens with one attached hydrogen (secondary N) is 1. The summed E-state index contributed by atoms with van der Waals surface area (Å²) >= 11 is 1.72. The van der Waals surface area contributed by atoms with Gasteiger partial charge < -0.3 is 15.0 Å². The maximum atomic E-state index is 13.0. The van der Waals surface area contributed by atoms with Gasteiger partial charge in [-0.3, -0.25) is 4.79 Å². The summed E-state index contributed by atoms with van der Waals surface area (Å²) in [6.07, 6.45) is 1.29. The van der Waals surface area contributed by atoms with Crippen LogP contribution in [0.15, 0.2) is 40.5 Å². The molecular formula is C23H31N3O3S. The van der Waals surface area contributed by atoms with E-state index in [4.69, 9.17) is 9.73 Å². The zero-order chi connectivity index (χ0) is 21.8. The number of nitrogens with zero attached hydrogens (tertiary/aromatic N) is 2. The van der Waals surface area contributed by atoms with Gasteiger partial charge in [-0.2, -0.15) is 0 Å². The number of anilines is 1. The molecule has 1 unspecified atom stereocenters. The molecule has 6 nitrogen and oxygen atoms in total. The summed E-state index contributed by atoms with van der Waals surface area (Å²) in [6.45, 7) is 10.4. The Kier molecular flexibility index (Phi) is 7.23. The van der Waals surface area contributed by atoms with E-state index in [0.717, 1.165) is 35.1 Å². The lowest BCUT2D eigenvalue weighted by Crippen LogP contribution is -2.42. The van der Waals surface area contributed by atoms with Crippen LogP contribution in [0.1, 0.15) is 59.1 Å². The topological polar surface area (TPSA) is 71.0 Å². The average Bonchev–Trinajstić information content (AvgIpc) is 2.65. The van der Waals surface area contributed by atoms with Gasteiger partial charge in [-0.1, -0.05) is 37.7 Å². The lowest BCUT2D eigenvalue weighted by atomic mass is 9.94. The van der Waals surface area contributed by atoms with E-state index >= 15 is 0 Å². The normalized spacial score (nSPS) is 19.0. The molecule has 162 valence electrons. The van der Waals surface area contributed by atoms with Gasteiger partial charge in [0, 0.05) is 24.4 Å². The molecule has 0 aromatic heterocycles. The molecule has 0 radical (unpaired) electrons. The number of aliphatic imine (C=N–C) groups is 1. The predicted molar refractivity (Wildman–Crippen MR) is 122 cm³/mol. The number of benzene rings is 1. The quantitative estimate of drug-likeness (QED) is 0.661. The Morgan fingerprint density at radius 2 is 2.07 bits per heavy atom. The number of allylic oxidation sites excluding steroid dienone is 1. The molecule has 1 aromatic rings. The van der Waals surface area contributed by atoms with Gasteiger partial charge in [0.15, 0.2) is 5.17 Å². The molecule has 0 aliphatic carbocycles. The van der Waals surface area contributed by atoms with Crippen molar-refractivity contribution >= 4 is 34.5 Å². The highest BCUT2D eigenvalue weighted by molar-refractivity contribution is 8.13. The second-order valence-electron chi connectivity index (χ2n) is 8.42. The van der Waals surface area contributed by atoms with E-state index in [9.17, 15) is 9.59 Å². The van der Waals surface area contributed by atoms with Crippen LogP contribution in [0, 0.1) is 5.92 Å². The summed E-state index contributed by atoms with van der Waals surface area (Å²) in [4.78, 5) is 32.2. The van der Waals surface area contributed by atoms with E-state index in [2.05, 4.69) is 10.2 Å². The Morgan fingerprint density at radius 3 is 2.77 bits per heavy atom. The summed E-state index contributed by atoms with van der Waals surface area (Å²) < 4.78 is 5.56. The van der Waals surface area contributed by atoms with Crippen LogP contribution in [-0.2, 0) is 14.3 Å². The first kappa shape index (κ1) is 22.4. The number of hydrogen-bond donors (Lipinski definition) is 1. The Balaban J connectivity index is 1.98. The van der Waals surface area contributed by atoms with E-state index in [0.29, 0.717) is 23.6 Å². The van der Waals surface area contributed by atoms with E-state index in [1.54, 1.807) is 11.8 Å². The average molecular weight is 430 g/mol. The maximum absolute atomic E-state index is 13.0. The minimum atomic E-state index is -0.333. The number of esters is 1. The first-order valence-electron chi connectivity index (χ1n) is 10.6. The van der Waals surface area contributed by atoms with Crippen LogP contribution in [0.2, 0.25) is 0 Å². The summed E-state index contributed by atoms with van der Waals surface area (Å²) in [5.41, 5.74) is 2.95. The summed E-state index contributed by atoms with van der Waals surface area (Å²) in [5.74, 6) is 0.971. The van der Waals surface area contributed by atoms with Crippen LogP contribution < -0.4 is 5.32 Å². The minimum Gasteiger partial charge on any atom is -0.459 e. The fourth-order valence-electron chi connectivity index (χ4n) is 3.72. The largest absolute Gasteiger partial charge is 0.459 e. The standard InChI is InChI=1S/C23H31N3O3S/c1-14(2)12-19(27)25-18-9-6-8-17(13-18)21-20(22(28)29-15(3)4)16(5)24-23-26(21)10-7-11-30-23/h6,8-9,13-15,21H,7,10-12H2,1-5H3,(H,25,27). The van der Waals surface area contributed by atoms with Gasteiger partial charge in [0.2, 0.25) is 5.91 Å². The van der Waals surface area contributed by atoms with Crippen molar-refractivity contribution in [1.29, 1.82) is 0 Å². The van der Waals surface area contributed by atoms with Gasteiger partial charge >= 0.3 is 5.97 Å². The van der Waals surface area contributed by atoms with Crippen LogP contribution in [-0.4, -0.2) is 40.3 Å². The van der Waals surface area contributed by atoms with E-state index in [1.165, 1.54) is 0 Å². The second kappa shape index (κ2) is 9.69. The van der Waals surface area contributed by atoms with E-state index in [-0.39, 0.29) is 24.0 Å². The molecular weight excluding hydrogens is 398 g/mol. The number of fused-ring (bicyclic) bond motifs is 1. The number of carbonyl (C=O) groups is 2. The fourth-order valence-corrected chi connectivity index (χ4v) is 4.74. The highest BCUT2D eigenvalue weighted by Crippen LogP contribution is 2.40. The number of rotatable bonds is 6. The summed E-state index contributed by atoms with van der Waals surface area (Å²) in [6, 6.07) is 7.48. The fraction of sp³-hybridized carbons (Fsp3) is 0.522. The highest BCUT2D eigenvalue weighted by atomic mass is 32.2. The molecule has 0 saturated carbocycles. The molecule has 2 aliphatic rings. The van der Waals surface area contributed by atoms with Crippen molar-refractivity contribution in [3.05, 3.63) is 41.1 Å². The Labute approximate surface area is 183 Å². The van der Waals surface area contributed by atoms with Crippen molar-refractivity contribution in [2.45, 2.75) is 59.6 Å². The first-order chi connectivity index (χ1) is 14.3. The first-order valence-corrected chi connectivity index (χ1v) is 11.5. The summed E-state index contributed by atoms with van der Waals surface area (Å²) in [7, 11) is 0. The third kappa shape index (κ3) is 5.25. The number of hydrogen-bond acceptors (Lipinski definition) is 6. The Morgan fingerprint density at radius 1 is 1.30 bits per heavy atom. The minimum absolute atomic E-state index is 0.00672. The molecule has 1 N–H and O–H groups in total. The Hall–Kier alpha value is -2.28. The van der Waals surface area contributed by atoms with Crippen molar-refractivity contribution in [2.24, 2.45) is 10.9 Å². The van der Waals surface area contributed by atoms with Gasteiger partial charge in [0.1, 0.15) is 0 Å². The summed E-state index contributed by atoms with van der Waals surface area (Å²) in [5, 5.41) is 3.93. The van der Waals surface area contributed by atoms with E-state index in [1.807, 2.05) is 58.9 Å². The number of carbonyl (C=O) groups excluding carboxylic acids is 2. The highest BCUT2D eigenvalue weighted by Gasteiger charge is 2.38. The Bertz CT molecular complexity index is 876. The van der Waals surface area contributed by atoms with Gasteiger partial charge in [-0.25, -0.2) is 9.79 Å². The van der Waals surface area contributed by atoms with Crippen molar-refractivity contribution in [3.63, 3.8) is 0 Å². The number of amides is 1. The van der Waals surface area contributed by atoms with E-state index < -0.39 is 0 Å². The molecule has 1 atom stereocenters. The van der Waals surface area contributed by atoms with Crippen LogP contribution in [0.3, 0.4) is 0 Å². The molecule has 1 saturated heterocycles. The molecule has 1 aromatic carbocycles. The molecule has 3 rings (SSSR count). The zero-order valence-corrected chi connectivity index (χ0v) is 19.2. The molecule has 2 heterocycles. The lowest BCUT2D eigenvalue weighted by Gasteiger charge is -2.40. The van der Waals surface area contributed by atoms with Crippen molar-refractivity contribution in [2.75, 3.05) is 17.6 Å². The molecule has 0 spiro atoms. The van der Waals surface area contributed by atoms with Crippen molar-refractivity contribution in [3.8, 4) is 0 Å². The van der Waals surface area contributed by atoms with Gasteiger partial charge in [-0.05, 0) is 50.8 Å². The van der Waals surface area contributed by atoms with Crippen molar-refractivity contribution < 1.29 is 14.3 Å². The third-order valence-corrected chi connectivity index (χ3v) is 5.98. The predicted octanol–water partition coefficient (Wildman–Crippen LogP) is 4.75. The van der Waals surface area contributed by atoms with Gasteiger partial charge in [-0.15, -0.1) is 0 Å². The smallest absolute Gasteiger partial charge is 0.338 e. The van der Waals surface area contributed by atoms with Crippen LogP contribution >= 0.6 is 11.8 Å². The van der Waals surface area contributed by atoms with Crippen LogP contribution in [0.25, 0.3) is 0 Å². The second-order valence-corrected chi connectivity index (χ2v) is 9.48. The van der Waals surface area contributed by atoms with Gasteiger partial charge in [0.25, 0.3) is 0 Å². The molecule has 30 heavy (non-hydrogen) atoms. The molecule has 1 fully saturated rings. The number of ether oxygens (including phenoxy) is 1. The molecule has 7 heteroatoms. The maximum Gasteiger partial charge on any atom is 0.338 e. The molecule has 1 amide bonds. The van der Waals surface area contributed by atoms with Crippen LogP contribution in [0.4, 0.5) is 5.69 Å². The molecule has 2 aliphatic heterocycles.